The molecular weight excluding hydrogens is 523 g/mol. The van der Waals surface area contributed by atoms with Crippen LogP contribution in [0.5, 0.6) is 0 Å². The van der Waals surface area contributed by atoms with Crippen molar-refractivity contribution in [1.82, 2.24) is 14.5 Å². The Labute approximate surface area is 232 Å². The highest BCUT2D eigenvalue weighted by molar-refractivity contribution is 6.33. The molecule has 2 N–H and O–H groups in total. The number of aliphatic hydroxyl groups excluding tert-OH is 1. The van der Waals surface area contributed by atoms with Crippen molar-refractivity contribution < 1.29 is 23.8 Å². The van der Waals surface area contributed by atoms with E-state index < -0.39 is 5.82 Å². The van der Waals surface area contributed by atoms with E-state index in [2.05, 4.69) is 10.3 Å². The molecule has 39 heavy (non-hydrogen) atoms. The van der Waals surface area contributed by atoms with E-state index >= 15 is 0 Å². The molecule has 0 saturated heterocycles. The quantitative estimate of drug-likeness (QED) is 0.391. The Morgan fingerprint density at radius 3 is 2.67 bits per heavy atom. The summed E-state index contributed by atoms with van der Waals surface area (Å²) in [6.07, 6.45) is 7.93. The third kappa shape index (κ3) is 5.96. The molecule has 1 aromatic carbocycles. The van der Waals surface area contributed by atoms with Gasteiger partial charge < -0.3 is 29.4 Å². The first-order valence-electron chi connectivity index (χ1n) is 13.2. The van der Waals surface area contributed by atoms with Crippen molar-refractivity contribution in [3.8, 4) is 11.1 Å². The van der Waals surface area contributed by atoms with Crippen molar-refractivity contribution in [2.24, 2.45) is 0 Å². The zero-order chi connectivity index (χ0) is 27.5. The largest absolute Gasteiger partial charge is 0.392 e. The number of nitrogens with zero attached hydrogens (tertiary/aromatic N) is 3. The smallest absolute Gasteiger partial charge is 0.271 e. The minimum atomic E-state index is -0.413. The van der Waals surface area contributed by atoms with E-state index in [1.165, 1.54) is 12.1 Å². The molecule has 1 aliphatic heterocycles. The van der Waals surface area contributed by atoms with Gasteiger partial charge in [-0.1, -0.05) is 17.7 Å². The number of amides is 1. The van der Waals surface area contributed by atoms with E-state index in [0.29, 0.717) is 47.1 Å². The molecule has 3 heterocycles. The second-order valence-corrected chi connectivity index (χ2v) is 10.7. The Morgan fingerprint density at radius 2 is 1.95 bits per heavy atom. The maximum absolute atomic E-state index is 14.0. The third-order valence-corrected chi connectivity index (χ3v) is 8.09. The molecule has 2 aliphatic rings. The second-order valence-electron chi connectivity index (χ2n) is 10.3. The lowest BCUT2D eigenvalue weighted by Gasteiger charge is -2.36. The van der Waals surface area contributed by atoms with Crippen molar-refractivity contribution in [3.63, 3.8) is 0 Å². The summed E-state index contributed by atoms with van der Waals surface area (Å²) in [6.45, 7) is 0.751. The van der Waals surface area contributed by atoms with Gasteiger partial charge in [0.25, 0.3) is 5.91 Å². The van der Waals surface area contributed by atoms with Crippen LogP contribution in [0.25, 0.3) is 11.1 Å². The minimum Gasteiger partial charge on any atom is -0.392 e. The first-order chi connectivity index (χ1) is 18.9. The van der Waals surface area contributed by atoms with Crippen molar-refractivity contribution in [3.05, 3.63) is 70.4 Å². The number of benzene rings is 1. The highest BCUT2D eigenvalue weighted by Gasteiger charge is 2.34. The fourth-order valence-electron chi connectivity index (χ4n) is 5.63. The number of carbonyl (C=O) groups excluding carboxylic acids is 1. The number of aromatic nitrogens is 2. The molecule has 0 bridgehead atoms. The maximum atomic E-state index is 14.0. The van der Waals surface area contributed by atoms with E-state index in [4.69, 9.17) is 21.1 Å². The molecule has 208 valence electrons. The van der Waals surface area contributed by atoms with Crippen molar-refractivity contribution >= 4 is 23.3 Å². The first kappa shape index (κ1) is 27.6. The van der Waals surface area contributed by atoms with Gasteiger partial charge in [0, 0.05) is 56.9 Å². The summed E-state index contributed by atoms with van der Waals surface area (Å²) in [5.41, 5.74) is 3.27. The van der Waals surface area contributed by atoms with Gasteiger partial charge in [-0.15, -0.1) is 0 Å². The monoisotopic (exact) mass is 556 g/mol. The molecule has 2 aromatic heterocycles. The second kappa shape index (κ2) is 12.0. The van der Waals surface area contributed by atoms with Gasteiger partial charge in [-0.25, -0.2) is 9.37 Å². The molecule has 1 amide bonds. The van der Waals surface area contributed by atoms with Crippen LogP contribution in [0.3, 0.4) is 0 Å². The van der Waals surface area contributed by atoms with Crippen LogP contribution in [0.2, 0.25) is 5.02 Å². The molecule has 10 heteroatoms. The molecule has 1 aliphatic carbocycles. The van der Waals surface area contributed by atoms with Gasteiger partial charge in [0.2, 0.25) is 0 Å². The lowest BCUT2D eigenvalue weighted by molar-refractivity contribution is 0.0386. The fraction of sp³-hybridized carbons (Fsp3) is 0.448. The Hall–Kier alpha value is -2.98. The number of anilines is 1. The molecule has 8 nitrogen and oxygen atoms in total. The normalized spacial score (nSPS) is 21.2. The van der Waals surface area contributed by atoms with Crippen LogP contribution < -0.4 is 5.32 Å². The SMILES string of the molecule is COCC1Cn2cc(-c3cc(NC4CCC(OC)CC4)ncc3Cl)cc2C(=O)N1Cc1cc(F)ccc1CO. The van der Waals surface area contributed by atoms with Gasteiger partial charge in [0.15, 0.2) is 0 Å². The number of carbonyl (C=O) groups is 1. The number of fused-ring (bicyclic) bond motifs is 1. The van der Waals surface area contributed by atoms with Gasteiger partial charge in [-0.2, -0.15) is 0 Å². The number of methoxy groups -OCH3 is 2. The fourth-order valence-corrected chi connectivity index (χ4v) is 5.85. The van der Waals surface area contributed by atoms with Gasteiger partial charge in [-0.05, 0) is 61.1 Å². The number of aliphatic hydroxyl groups is 1. The van der Waals surface area contributed by atoms with Gasteiger partial charge >= 0.3 is 0 Å². The van der Waals surface area contributed by atoms with Gasteiger partial charge in [-0.3, -0.25) is 4.79 Å². The number of hydrogen-bond acceptors (Lipinski definition) is 6. The lowest BCUT2D eigenvalue weighted by Crippen LogP contribution is -2.49. The topological polar surface area (TPSA) is 88.8 Å². The van der Waals surface area contributed by atoms with Crippen molar-refractivity contribution in [1.29, 1.82) is 0 Å². The van der Waals surface area contributed by atoms with E-state index in [1.54, 1.807) is 31.4 Å². The minimum absolute atomic E-state index is 0.163. The predicted molar refractivity (Wildman–Crippen MR) is 147 cm³/mol. The average molecular weight is 557 g/mol. The number of rotatable bonds is 9. The molecule has 0 spiro atoms. The van der Waals surface area contributed by atoms with Crippen LogP contribution in [0.4, 0.5) is 10.2 Å². The molecule has 1 saturated carbocycles. The molecule has 1 fully saturated rings. The molecule has 0 radical (unpaired) electrons. The summed E-state index contributed by atoms with van der Waals surface area (Å²) in [7, 11) is 3.35. The number of hydrogen-bond donors (Lipinski definition) is 2. The summed E-state index contributed by atoms with van der Waals surface area (Å²) < 4.78 is 26.9. The number of pyridine rings is 1. The van der Waals surface area contributed by atoms with Crippen molar-refractivity contribution in [2.45, 2.75) is 63.6 Å². The van der Waals surface area contributed by atoms with Crippen molar-refractivity contribution in [2.75, 3.05) is 26.1 Å². The van der Waals surface area contributed by atoms with Gasteiger partial charge in [0.1, 0.15) is 17.3 Å². The number of nitrogens with one attached hydrogen (secondary N) is 1. The maximum Gasteiger partial charge on any atom is 0.271 e. The van der Waals surface area contributed by atoms with E-state index in [-0.39, 0.29) is 25.1 Å². The summed E-state index contributed by atoms with van der Waals surface area (Å²) in [5.74, 6) is 0.137. The highest BCUT2D eigenvalue weighted by Crippen LogP contribution is 2.34. The number of halogens is 2. The third-order valence-electron chi connectivity index (χ3n) is 7.79. The highest BCUT2D eigenvalue weighted by atomic mass is 35.5. The van der Waals surface area contributed by atoms with Crippen LogP contribution >= 0.6 is 11.6 Å². The zero-order valence-electron chi connectivity index (χ0n) is 22.2. The van der Waals surface area contributed by atoms with Crippen LogP contribution in [0.15, 0.2) is 42.7 Å². The van der Waals surface area contributed by atoms with Crippen LogP contribution in [-0.4, -0.2) is 64.5 Å². The molecule has 3 aromatic rings. The lowest BCUT2D eigenvalue weighted by atomic mass is 9.93. The zero-order valence-corrected chi connectivity index (χ0v) is 23.0. The van der Waals surface area contributed by atoms with E-state index in [1.807, 2.05) is 22.9 Å². The average Bonchev–Trinajstić information content (AvgIpc) is 3.37. The summed E-state index contributed by atoms with van der Waals surface area (Å²) in [4.78, 5) is 19.9. The molecular formula is C29H34ClFN4O4. The van der Waals surface area contributed by atoms with Crippen LogP contribution in [-0.2, 0) is 29.2 Å². The van der Waals surface area contributed by atoms with Crippen LogP contribution in [0.1, 0.15) is 47.3 Å². The molecule has 1 atom stereocenters. The Balaban J connectivity index is 1.40. The first-order valence-corrected chi connectivity index (χ1v) is 13.6. The van der Waals surface area contributed by atoms with Gasteiger partial charge in [0.05, 0.1) is 30.4 Å². The van der Waals surface area contributed by atoms with Crippen LogP contribution in [0, 0.1) is 5.82 Å². The Kier molecular flexibility index (Phi) is 8.52. The standard InChI is InChI=1S/C29H34ClFN4O4/c1-38-17-23-15-34-13-20(10-27(34)29(37)35(23)14-19-9-21(31)4-3-18(19)16-36)25-11-28(32-12-26(25)30)33-22-5-7-24(39-2)8-6-22/h3-4,9-13,22-24,36H,5-8,14-17H2,1-2H3,(H,32,33). The predicted octanol–water partition coefficient (Wildman–Crippen LogP) is 4.88. The Bertz CT molecular complexity index is 1320. The molecule has 1 unspecified atom stereocenters. The number of ether oxygens (including phenoxy) is 2. The summed E-state index contributed by atoms with van der Waals surface area (Å²) >= 11 is 6.58. The van der Waals surface area contributed by atoms with E-state index in [9.17, 15) is 14.3 Å². The Morgan fingerprint density at radius 1 is 1.15 bits per heavy atom. The summed E-state index contributed by atoms with van der Waals surface area (Å²) in [6, 6.07) is 8.05. The molecule has 5 rings (SSSR count). The van der Waals surface area contributed by atoms with E-state index in [0.717, 1.165) is 42.6 Å². The summed E-state index contributed by atoms with van der Waals surface area (Å²) in [5, 5.41) is 13.8.